The summed E-state index contributed by atoms with van der Waals surface area (Å²) in [6.45, 7) is 9.24. The molecule has 0 aromatic rings. The van der Waals surface area contributed by atoms with E-state index in [1.54, 1.807) is 0 Å². The largest absolute Gasteiger partial charge is 0.394 e. The van der Waals surface area contributed by atoms with E-state index in [9.17, 15) is 5.11 Å². The normalized spacial score (nSPS) is 32.2. The van der Waals surface area contributed by atoms with E-state index < -0.39 is 0 Å². The highest BCUT2D eigenvalue weighted by atomic mass is 16.3. The Morgan fingerprint density at radius 2 is 1.79 bits per heavy atom. The Bertz CT molecular complexity index is 270. The topological polar surface area (TPSA) is 35.5 Å². The summed E-state index contributed by atoms with van der Waals surface area (Å²) in [6, 6.07) is 1.33. The van der Waals surface area contributed by atoms with Gasteiger partial charge in [0.05, 0.1) is 12.1 Å². The zero-order valence-electron chi connectivity index (χ0n) is 13.0. The smallest absolute Gasteiger partial charge is 0.0628 e. The fourth-order valence-corrected chi connectivity index (χ4v) is 3.69. The van der Waals surface area contributed by atoms with Gasteiger partial charge in [-0.1, -0.05) is 13.3 Å². The van der Waals surface area contributed by atoms with Gasteiger partial charge in [0.1, 0.15) is 0 Å². The van der Waals surface area contributed by atoms with E-state index in [-0.39, 0.29) is 12.1 Å². The maximum absolute atomic E-state index is 10.0. The molecule has 3 atom stereocenters. The summed E-state index contributed by atoms with van der Waals surface area (Å²) in [6.07, 6.45) is 7.69. The van der Waals surface area contributed by atoms with Crippen LogP contribution in [-0.2, 0) is 0 Å². The van der Waals surface area contributed by atoms with Crippen molar-refractivity contribution in [1.82, 2.24) is 10.2 Å². The molecule has 2 fully saturated rings. The second-order valence-electron chi connectivity index (χ2n) is 6.82. The zero-order valence-corrected chi connectivity index (χ0v) is 13.0. The highest BCUT2D eigenvalue weighted by molar-refractivity contribution is 5.04. The van der Waals surface area contributed by atoms with Crippen LogP contribution in [0.25, 0.3) is 0 Å². The summed E-state index contributed by atoms with van der Waals surface area (Å²) in [5, 5.41) is 13.7. The minimum absolute atomic E-state index is 0.0458. The summed E-state index contributed by atoms with van der Waals surface area (Å²) < 4.78 is 0. The molecule has 0 bridgehead atoms. The van der Waals surface area contributed by atoms with Crippen LogP contribution in [-0.4, -0.2) is 47.3 Å². The number of nitrogens with zero attached hydrogens (tertiary/aromatic N) is 1. The Balaban J connectivity index is 2.05. The maximum Gasteiger partial charge on any atom is 0.0628 e. The van der Waals surface area contributed by atoms with Crippen LogP contribution in [0.4, 0.5) is 0 Å². The van der Waals surface area contributed by atoms with Gasteiger partial charge in [-0.2, -0.15) is 0 Å². The predicted octanol–water partition coefficient (Wildman–Crippen LogP) is 2.39. The predicted molar refractivity (Wildman–Crippen MR) is 80.3 cm³/mol. The van der Waals surface area contributed by atoms with Crippen molar-refractivity contribution < 1.29 is 5.11 Å². The molecule has 19 heavy (non-hydrogen) atoms. The number of aliphatic hydroxyl groups excluding tert-OH is 1. The average molecular weight is 268 g/mol. The molecule has 1 heterocycles. The lowest BCUT2D eigenvalue weighted by molar-refractivity contribution is 0.0312. The molecule has 0 amide bonds. The SMILES string of the molecule is CCCNC(CO)(CN1C(C)CCCC1C)C1CC1. The Hall–Kier alpha value is -0.120. The van der Waals surface area contributed by atoms with E-state index in [0.717, 1.165) is 19.5 Å². The van der Waals surface area contributed by atoms with Crippen LogP contribution in [0, 0.1) is 5.92 Å². The van der Waals surface area contributed by atoms with Crippen molar-refractivity contribution in [3.05, 3.63) is 0 Å². The van der Waals surface area contributed by atoms with Gasteiger partial charge in [-0.3, -0.25) is 4.90 Å². The van der Waals surface area contributed by atoms with E-state index >= 15 is 0 Å². The van der Waals surface area contributed by atoms with Crippen molar-refractivity contribution in [1.29, 1.82) is 0 Å². The molecule has 112 valence electrons. The fraction of sp³-hybridized carbons (Fsp3) is 1.00. The fourth-order valence-electron chi connectivity index (χ4n) is 3.69. The maximum atomic E-state index is 10.0. The summed E-state index contributed by atoms with van der Waals surface area (Å²) in [4.78, 5) is 2.64. The molecule has 2 N–H and O–H groups in total. The monoisotopic (exact) mass is 268 g/mol. The molecule has 0 spiro atoms. The number of nitrogens with one attached hydrogen (secondary N) is 1. The minimum atomic E-state index is -0.0458. The van der Waals surface area contributed by atoms with Crippen molar-refractivity contribution in [3.63, 3.8) is 0 Å². The highest BCUT2D eigenvalue weighted by Gasteiger charge is 2.46. The molecule has 2 aliphatic rings. The summed E-state index contributed by atoms with van der Waals surface area (Å²) >= 11 is 0. The Labute approximate surface area is 118 Å². The van der Waals surface area contributed by atoms with Crippen LogP contribution in [0.2, 0.25) is 0 Å². The molecule has 1 saturated carbocycles. The lowest BCUT2D eigenvalue weighted by Gasteiger charge is -2.46. The zero-order chi connectivity index (χ0) is 13.9. The van der Waals surface area contributed by atoms with Gasteiger partial charge in [0.2, 0.25) is 0 Å². The minimum Gasteiger partial charge on any atom is -0.394 e. The van der Waals surface area contributed by atoms with Crippen LogP contribution in [0.1, 0.15) is 59.3 Å². The number of likely N-dealkylation sites (tertiary alicyclic amines) is 1. The standard InChI is InChI=1S/C16H32N2O/c1-4-10-17-16(12-19,15-8-9-15)11-18-13(2)6-5-7-14(18)3/h13-15,17,19H,4-12H2,1-3H3. The highest BCUT2D eigenvalue weighted by Crippen LogP contribution is 2.41. The molecule has 0 radical (unpaired) electrons. The molecule has 2 rings (SSSR count). The van der Waals surface area contributed by atoms with Crippen molar-refractivity contribution in [3.8, 4) is 0 Å². The van der Waals surface area contributed by atoms with Crippen LogP contribution >= 0.6 is 0 Å². The number of hydrogen-bond acceptors (Lipinski definition) is 3. The Morgan fingerprint density at radius 3 is 2.26 bits per heavy atom. The van der Waals surface area contributed by atoms with Gasteiger partial charge in [-0.15, -0.1) is 0 Å². The number of piperidine rings is 1. The van der Waals surface area contributed by atoms with Crippen LogP contribution in [0.3, 0.4) is 0 Å². The molecule has 1 saturated heterocycles. The van der Waals surface area contributed by atoms with Gasteiger partial charge in [0.15, 0.2) is 0 Å². The lowest BCUT2D eigenvalue weighted by Crippen LogP contribution is -2.61. The molecule has 0 aromatic heterocycles. The average Bonchev–Trinajstić information content (AvgIpc) is 3.23. The molecule has 1 aliphatic carbocycles. The molecule has 0 aromatic carbocycles. The van der Waals surface area contributed by atoms with Crippen molar-refractivity contribution in [2.75, 3.05) is 19.7 Å². The van der Waals surface area contributed by atoms with Gasteiger partial charge >= 0.3 is 0 Å². The third-order valence-electron chi connectivity index (χ3n) is 5.21. The first-order valence-corrected chi connectivity index (χ1v) is 8.24. The molecular formula is C16H32N2O. The van der Waals surface area contributed by atoms with Gasteiger partial charge in [0.25, 0.3) is 0 Å². The lowest BCUT2D eigenvalue weighted by atomic mass is 9.89. The summed E-state index contributed by atoms with van der Waals surface area (Å²) in [7, 11) is 0. The van der Waals surface area contributed by atoms with Gasteiger partial charge < -0.3 is 10.4 Å². The quantitative estimate of drug-likeness (QED) is 0.744. The van der Waals surface area contributed by atoms with E-state index in [1.807, 2.05) is 0 Å². The van der Waals surface area contributed by atoms with Crippen molar-refractivity contribution in [2.45, 2.75) is 76.9 Å². The summed E-state index contributed by atoms with van der Waals surface area (Å²) in [5.74, 6) is 0.686. The van der Waals surface area contributed by atoms with E-state index in [0.29, 0.717) is 18.0 Å². The van der Waals surface area contributed by atoms with Gasteiger partial charge in [-0.25, -0.2) is 0 Å². The first-order valence-electron chi connectivity index (χ1n) is 8.24. The first kappa shape index (κ1) is 15.3. The number of rotatable bonds is 7. The van der Waals surface area contributed by atoms with Gasteiger partial charge in [0, 0.05) is 18.6 Å². The van der Waals surface area contributed by atoms with Crippen LogP contribution < -0.4 is 5.32 Å². The van der Waals surface area contributed by atoms with E-state index in [2.05, 4.69) is 31.0 Å². The van der Waals surface area contributed by atoms with Crippen LogP contribution in [0.5, 0.6) is 0 Å². The van der Waals surface area contributed by atoms with E-state index in [4.69, 9.17) is 0 Å². The van der Waals surface area contributed by atoms with E-state index in [1.165, 1.54) is 32.1 Å². The molecular weight excluding hydrogens is 236 g/mol. The second-order valence-corrected chi connectivity index (χ2v) is 6.82. The summed E-state index contributed by atoms with van der Waals surface area (Å²) in [5.41, 5.74) is -0.0458. The molecule has 3 heteroatoms. The number of aliphatic hydroxyl groups is 1. The molecule has 3 nitrogen and oxygen atoms in total. The number of hydrogen-bond donors (Lipinski definition) is 2. The van der Waals surface area contributed by atoms with Crippen LogP contribution in [0.15, 0.2) is 0 Å². The van der Waals surface area contributed by atoms with Crippen molar-refractivity contribution in [2.24, 2.45) is 5.92 Å². The molecule has 3 unspecified atom stereocenters. The Kier molecular flexibility index (Phi) is 5.27. The first-order chi connectivity index (χ1) is 9.13. The second kappa shape index (κ2) is 6.55. The van der Waals surface area contributed by atoms with Crippen molar-refractivity contribution >= 4 is 0 Å². The molecule has 1 aliphatic heterocycles. The Morgan fingerprint density at radius 1 is 1.16 bits per heavy atom. The van der Waals surface area contributed by atoms with Gasteiger partial charge in [-0.05, 0) is 58.4 Å². The third-order valence-corrected chi connectivity index (χ3v) is 5.21. The third kappa shape index (κ3) is 3.50.